The smallest absolute Gasteiger partial charge is 0.371 e. The van der Waals surface area contributed by atoms with Gasteiger partial charge in [0.15, 0.2) is 0 Å². The standard InChI is InChI=1S/C22H23F3N4OS/c1-14-10-15(17-13-27-19(31-17)21(30-2)7-4-3-5-8-21)12-16(11-14)28-20-26-9-6-18(29-20)22(23,24)25/h6,9-13H,3-5,7-8H2,1-2H3,(H,26,28,29). The largest absolute Gasteiger partial charge is 0.433 e. The van der Waals surface area contributed by atoms with E-state index >= 15 is 0 Å². The van der Waals surface area contributed by atoms with Crippen LogP contribution in [0.2, 0.25) is 0 Å². The van der Waals surface area contributed by atoms with Crippen LogP contribution < -0.4 is 5.32 Å². The van der Waals surface area contributed by atoms with Crippen molar-refractivity contribution in [2.45, 2.75) is 50.8 Å². The Kier molecular flexibility index (Phi) is 5.98. The second-order valence-corrected chi connectivity index (χ2v) is 8.80. The molecule has 1 fully saturated rings. The number of anilines is 2. The average Bonchev–Trinajstić information content (AvgIpc) is 3.24. The molecule has 3 aromatic rings. The van der Waals surface area contributed by atoms with E-state index < -0.39 is 11.9 Å². The highest BCUT2D eigenvalue weighted by molar-refractivity contribution is 7.15. The third-order valence-corrected chi connectivity index (χ3v) is 6.74. The summed E-state index contributed by atoms with van der Waals surface area (Å²) in [7, 11) is 1.75. The van der Waals surface area contributed by atoms with Gasteiger partial charge < -0.3 is 10.1 Å². The van der Waals surface area contributed by atoms with Crippen LogP contribution in [0.3, 0.4) is 0 Å². The van der Waals surface area contributed by atoms with Gasteiger partial charge in [-0.15, -0.1) is 11.3 Å². The number of hydrogen-bond acceptors (Lipinski definition) is 6. The molecule has 164 valence electrons. The summed E-state index contributed by atoms with van der Waals surface area (Å²) in [5.41, 5.74) is 1.20. The molecular weight excluding hydrogens is 425 g/mol. The van der Waals surface area contributed by atoms with Crippen molar-refractivity contribution in [1.29, 1.82) is 0 Å². The van der Waals surface area contributed by atoms with E-state index in [1.165, 1.54) is 6.42 Å². The van der Waals surface area contributed by atoms with Gasteiger partial charge in [0.25, 0.3) is 0 Å². The highest BCUT2D eigenvalue weighted by atomic mass is 32.1. The molecule has 0 radical (unpaired) electrons. The van der Waals surface area contributed by atoms with Crippen molar-refractivity contribution >= 4 is 23.0 Å². The molecule has 31 heavy (non-hydrogen) atoms. The molecule has 1 aliphatic rings. The van der Waals surface area contributed by atoms with Gasteiger partial charge in [0.1, 0.15) is 16.3 Å². The van der Waals surface area contributed by atoms with Gasteiger partial charge in [-0.3, -0.25) is 0 Å². The maximum atomic E-state index is 12.9. The zero-order valence-electron chi connectivity index (χ0n) is 17.3. The van der Waals surface area contributed by atoms with Crippen LogP contribution in [-0.4, -0.2) is 22.1 Å². The summed E-state index contributed by atoms with van der Waals surface area (Å²) < 4.78 is 44.7. The lowest BCUT2D eigenvalue weighted by molar-refractivity contribution is -0.141. The number of methoxy groups -OCH3 is 1. The summed E-state index contributed by atoms with van der Waals surface area (Å²) in [6, 6.07) is 6.58. The predicted molar refractivity (Wildman–Crippen MR) is 114 cm³/mol. The predicted octanol–water partition coefficient (Wildman–Crippen LogP) is 6.48. The normalized spacial score (nSPS) is 16.3. The fourth-order valence-corrected chi connectivity index (χ4v) is 5.08. The topological polar surface area (TPSA) is 59.9 Å². The number of halogens is 3. The first-order chi connectivity index (χ1) is 14.8. The minimum absolute atomic E-state index is 0.100. The Bertz CT molecular complexity index is 1060. The molecule has 1 aliphatic carbocycles. The number of alkyl halides is 3. The number of benzene rings is 1. The number of ether oxygens (including phenoxy) is 1. The van der Waals surface area contributed by atoms with Crippen molar-refractivity contribution in [3.63, 3.8) is 0 Å². The Labute approximate surface area is 182 Å². The molecule has 0 saturated heterocycles. The van der Waals surface area contributed by atoms with Crippen molar-refractivity contribution in [3.8, 4) is 10.4 Å². The molecule has 1 saturated carbocycles. The molecule has 9 heteroatoms. The number of rotatable bonds is 5. The van der Waals surface area contributed by atoms with Crippen LogP contribution in [0.5, 0.6) is 0 Å². The summed E-state index contributed by atoms with van der Waals surface area (Å²) in [6.07, 6.45) is 3.80. The molecule has 0 spiro atoms. The van der Waals surface area contributed by atoms with Crippen molar-refractivity contribution in [2.24, 2.45) is 0 Å². The van der Waals surface area contributed by atoms with Gasteiger partial charge in [-0.05, 0) is 49.1 Å². The van der Waals surface area contributed by atoms with E-state index in [4.69, 9.17) is 4.74 Å². The van der Waals surface area contributed by atoms with Crippen molar-refractivity contribution in [1.82, 2.24) is 15.0 Å². The molecule has 0 atom stereocenters. The third kappa shape index (κ3) is 4.72. The molecule has 0 unspecified atom stereocenters. The number of aryl methyl sites for hydroxylation is 1. The van der Waals surface area contributed by atoms with Crippen LogP contribution in [-0.2, 0) is 16.5 Å². The summed E-state index contributed by atoms with van der Waals surface area (Å²) in [5, 5.41) is 3.87. The van der Waals surface area contributed by atoms with Crippen molar-refractivity contribution in [2.75, 3.05) is 12.4 Å². The second-order valence-electron chi connectivity index (χ2n) is 7.76. The Morgan fingerprint density at radius 3 is 2.58 bits per heavy atom. The summed E-state index contributed by atoms with van der Waals surface area (Å²) >= 11 is 1.60. The lowest BCUT2D eigenvalue weighted by atomic mass is 9.85. The Morgan fingerprint density at radius 1 is 1.10 bits per heavy atom. The Morgan fingerprint density at radius 2 is 1.87 bits per heavy atom. The van der Waals surface area contributed by atoms with Crippen LogP contribution in [0, 0.1) is 6.92 Å². The number of thiazole rings is 1. The van der Waals surface area contributed by atoms with Gasteiger partial charge in [-0.2, -0.15) is 13.2 Å². The summed E-state index contributed by atoms with van der Waals surface area (Å²) in [5.74, 6) is -0.100. The van der Waals surface area contributed by atoms with Crippen LogP contribution in [0.25, 0.3) is 10.4 Å². The van der Waals surface area contributed by atoms with Gasteiger partial charge >= 0.3 is 6.18 Å². The first kappa shape index (κ1) is 21.7. The van der Waals surface area contributed by atoms with Crippen LogP contribution in [0.15, 0.2) is 36.7 Å². The van der Waals surface area contributed by atoms with Crippen molar-refractivity contribution < 1.29 is 17.9 Å². The zero-order valence-corrected chi connectivity index (χ0v) is 18.1. The van der Waals surface area contributed by atoms with E-state index in [0.29, 0.717) is 5.69 Å². The Balaban J connectivity index is 1.61. The monoisotopic (exact) mass is 448 g/mol. The molecule has 5 nitrogen and oxygen atoms in total. The number of nitrogens with one attached hydrogen (secondary N) is 1. The fraction of sp³-hybridized carbons (Fsp3) is 0.409. The lowest BCUT2D eigenvalue weighted by Crippen LogP contribution is -2.30. The molecule has 4 rings (SSSR count). The van der Waals surface area contributed by atoms with E-state index in [2.05, 4.69) is 20.3 Å². The van der Waals surface area contributed by atoms with Gasteiger partial charge in [-0.1, -0.05) is 25.3 Å². The first-order valence-electron chi connectivity index (χ1n) is 10.1. The molecule has 2 heterocycles. The third-order valence-electron chi connectivity index (χ3n) is 5.51. The van der Waals surface area contributed by atoms with E-state index in [9.17, 15) is 13.2 Å². The number of aromatic nitrogens is 3. The number of hydrogen-bond donors (Lipinski definition) is 1. The molecule has 0 amide bonds. The average molecular weight is 449 g/mol. The molecule has 0 aliphatic heterocycles. The quantitative estimate of drug-likeness (QED) is 0.484. The van der Waals surface area contributed by atoms with E-state index in [-0.39, 0.29) is 11.5 Å². The molecular formula is C22H23F3N4OS. The molecule has 1 N–H and O–H groups in total. The van der Waals surface area contributed by atoms with Gasteiger partial charge in [-0.25, -0.2) is 15.0 Å². The molecule has 0 bridgehead atoms. The lowest BCUT2D eigenvalue weighted by Gasteiger charge is -2.34. The maximum Gasteiger partial charge on any atom is 0.433 e. The summed E-state index contributed by atoms with van der Waals surface area (Å²) in [4.78, 5) is 13.1. The zero-order chi connectivity index (χ0) is 22.1. The van der Waals surface area contributed by atoms with Crippen LogP contribution >= 0.6 is 11.3 Å². The van der Waals surface area contributed by atoms with E-state index in [1.54, 1.807) is 18.4 Å². The maximum absolute atomic E-state index is 12.9. The molecule has 1 aromatic carbocycles. The van der Waals surface area contributed by atoms with E-state index in [0.717, 1.165) is 59.0 Å². The van der Waals surface area contributed by atoms with E-state index in [1.807, 2.05) is 31.3 Å². The first-order valence-corrected chi connectivity index (χ1v) is 10.9. The minimum atomic E-state index is -4.52. The molecule has 2 aromatic heterocycles. The summed E-state index contributed by atoms with van der Waals surface area (Å²) in [6.45, 7) is 1.93. The van der Waals surface area contributed by atoms with Crippen LogP contribution in [0.4, 0.5) is 24.8 Å². The fourth-order valence-electron chi connectivity index (χ4n) is 3.95. The van der Waals surface area contributed by atoms with Gasteiger partial charge in [0.2, 0.25) is 5.95 Å². The SMILES string of the molecule is COC1(c2ncc(-c3cc(C)cc(Nc4nccc(C(F)(F)F)n4)c3)s2)CCCCC1. The highest BCUT2D eigenvalue weighted by Gasteiger charge is 2.37. The second kappa shape index (κ2) is 8.55. The number of nitrogens with zero attached hydrogens (tertiary/aromatic N) is 3. The highest BCUT2D eigenvalue weighted by Crippen LogP contribution is 2.43. The Hall–Kier alpha value is -2.52. The van der Waals surface area contributed by atoms with Gasteiger partial charge in [0, 0.05) is 25.2 Å². The minimum Gasteiger partial charge on any atom is -0.371 e. The van der Waals surface area contributed by atoms with Crippen LogP contribution in [0.1, 0.15) is 48.4 Å². The van der Waals surface area contributed by atoms with Crippen molar-refractivity contribution in [3.05, 3.63) is 52.9 Å². The van der Waals surface area contributed by atoms with Gasteiger partial charge in [0.05, 0.1) is 4.88 Å².